The highest BCUT2D eigenvalue weighted by Crippen LogP contribution is 2.32. The number of hydrogen-bond acceptors (Lipinski definition) is 3. The van der Waals surface area contributed by atoms with Crippen LogP contribution in [0.15, 0.2) is 18.2 Å². The second kappa shape index (κ2) is 4.08. The molecule has 0 spiro atoms. The molecule has 1 saturated carbocycles. The first-order valence-electron chi connectivity index (χ1n) is 5.94. The quantitative estimate of drug-likeness (QED) is 0.783. The van der Waals surface area contributed by atoms with Crippen LogP contribution in [0.25, 0.3) is 10.9 Å². The molecule has 2 aromatic rings. The lowest BCUT2D eigenvalue weighted by Crippen LogP contribution is -2.06. The molecule has 4 nitrogen and oxygen atoms in total. The Morgan fingerprint density at radius 3 is 3.00 bits per heavy atom. The van der Waals surface area contributed by atoms with Crippen LogP contribution in [0.3, 0.4) is 0 Å². The third kappa shape index (κ3) is 1.75. The fourth-order valence-corrected chi connectivity index (χ4v) is 2.12. The Morgan fingerprint density at radius 1 is 1.56 bits per heavy atom. The molecule has 0 aliphatic heterocycles. The van der Waals surface area contributed by atoms with E-state index in [-0.39, 0.29) is 11.5 Å². The zero-order chi connectivity index (χ0) is 12.7. The summed E-state index contributed by atoms with van der Waals surface area (Å²) in [5.41, 5.74) is 0.581. The SMILES string of the molecule is COC(=O)c1nn(CC2CC2)c2c(F)cccc12. The predicted molar refractivity (Wildman–Crippen MR) is 63.8 cm³/mol. The summed E-state index contributed by atoms with van der Waals surface area (Å²) in [6.07, 6.45) is 2.28. The molecular weight excluding hydrogens is 235 g/mol. The number of carbonyl (C=O) groups excluding carboxylic acids is 1. The zero-order valence-corrected chi connectivity index (χ0v) is 10.0. The van der Waals surface area contributed by atoms with Crippen LogP contribution in [-0.2, 0) is 11.3 Å². The van der Waals surface area contributed by atoms with Crippen LogP contribution in [0.1, 0.15) is 23.3 Å². The summed E-state index contributed by atoms with van der Waals surface area (Å²) in [5, 5.41) is 4.72. The van der Waals surface area contributed by atoms with E-state index < -0.39 is 5.97 Å². The van der Waals surface area contributed by atoms with E-state index in [0.29, 0.717) is 23.4 Å². The second-order valence-corrected chi connectivity index (χ2v) is 4.60. The average Bonchev–Trinajstić information content (AvgIpc) is 3.10. The Labute approximate surface area is 103 Å². The van der Waals surface area contributed by atoms with Crippen LogP contribution in [0.2, 0.25) is 0 Å². The minimum absolute atomic E-state index is 0.188. The maximum absolute atomic E-state index is 13.9. The van der Waals surface area contributed by atoms with Gasteiger partial charge in [0.1, 0.15) is 11.3 Å². The molecule has 1 aromatic heterocycles. The largest absolute Gasteiger partial charge is 0.464 e. The monoisotopic (exact) mass is 248 g/mol. The summed E-state index contributed by atoms with van der Waals surface area (Å²) in [4.78, 5) is 11.6. The number of carbonyl (C=O) groups is 1. The van der Waals surface area contributed by atoms with Gasteiger partial charge in [-0.2, -0.15) is 5.10 Å². The lowest BCUT2D eigenvalue weighted by molar-refractivity contribution is 0.0595. The highest BCUT2D eigenvalue weighted by molar-refractivity contribution is 6.02. The topological polar surface area (TPSA) is 44.1 Å². The van der Waals surface area contributed by atoms with Crippen molar-refractivity contribution in [2.45, 2.75) is 19.4 Å². The summed E-state index contributed by atoms with van der Waals surface area (Å²) in [6.45, 7) is 0.661. The Balaban J connectivity index is 2.18. The van der Waals surface area contributed by atoms with E-state index in [0.717, 1.165) is 12.8 Å². The van der Waals surface area contributed by atoms with Gasteiger partial charge in [0.15, 0.2) is 5.69 Å². The van der Waals surface area contributed by atoms with Crippen molar-refractivity contribution >= 4 is 16.9 Å². The minimum Gasteiger partial charge on any atom is -0.464 e. The van der Waals surface area contributed by atoms with Crippen molar-refractivity contribution in [1.29, 1.82) is 0 Å². The highest BCUT2D eigenvalue weighted by Gasteiger charge is 2.26. The molecule has 0 saturated heterocycles. The number of ether oxygens (including phenoxy) is 1. The Bertz CT molecular complexity index is 617. The van der Waals surface area contributed by atoms with Gasteiger partial charge in [0.25, 0.3) is 0 Å². The summed E-state index contributed by atoms with van der Waals surface area (Å²) in [7, 11) is 1.30. The molecular formula is C13H13FN2O2. The van der Waals surface area contributed by atoms with Gasteiger partial charge in [0, 0.05) is 11.9 Å². The molecule has 0 atom stereocenters. The number of aromatic nitrogens is 2. The Hall–Kier alpha value is -1.91. The van der Waals surface area contributed by atoms with E-state index >= 15 is 0 Å². The van der Waals surface area contributed by atoms with Crippen molar-refractivity contribution < 1.29 is 13.9 Å². The van der Waals surface area contributed by atoms with Crippen LogP contribution >= 0.6 is 0 Å². The first kappa shape index (κ1) is 11.2. The predicted octanol–water partition coefficient (Wildman–Crippen LogP) is 2.37. The van der Waals surface area contributed by atoms with Gasteiger partial charge < -0.3 is 4.74 Å². The van der Waals surface area contributed by atoms with Crippen molar-refractivity contribution in [1.82, 2.24) is 9.78 Å². The van der Waals surface area contributed by atoms with Gasteiger partial charge >= 0.3 is 5.97 Å². The van der Waals surface area contributed by atoms with Crippen LogP contribution < -0.4 is 0 Å². The number of benzene rings is 1. The van der Waals surface area contributed by atoms with Crippen molar-refractivity contribution in [3.05, 3.63) is 29.7 Å². The number of esters is 1. The van der Waals surface area contributed by atoms with Crippen LogP contribution in [0.5, 0.6) is 0 Å². The molecule has 0 bridgehead atoms. The molecule has 1 aromatic carbocycles. The van der Waals surface area contributed by atoms with E-state index in [4.69, 9.17) is 0 Å². The number of fused-ring (bicyclic) bond motifs is 1. The first-order chi connectivity index (χ1) is 8.70. The molecule has 0 unspecified atom stereocenters. The fraction of sp³-hybridized carbons (Fsp3) is 0.385. The third-order valence-electron chi connectivity index (χ3n) is 3.23. The summed E-state index contributed by atoms with van der Waals surface area (Å²) in [5.74, 6) is -0.325. The van der Waals surface area contributed by atoms with E-state index in [9.17, 15) is 9.18 Å². The molecule has 1 heterocycles. The first-order valence-corrected chi connectivity index (χ1v) is 5.94. The van der Waals surface area contributed by atoms with E-state index in [1.54, 1.807) is 16.8 Å². The maximum Gasteiger partial charge on any atom is 0.359 e. The standard InChI is InChI=1S/C13H13FN2O2/c1-18-13(17)11-9-3-2-4-10(14)12(9)16(15-11)7-8-5-6-8/h2-4,8H,5-7H2,1H3. The molecule has 0 N–H and O–H groups in total. The molecule has 0 radical (unpaired) electrons. The number of methoxy groups -OCH3 is 1. The van der Waals surface area contributed by atoms with Crippen LogP contribution in [0, 0.1) is 11.7 Å². The van der Waals surface area contributed by atoms with Gasteiger partial charge in [-0.15, -0.1) is 0 Å². The number of hydrogen-bond donors (Lipinski definition) is 0. The molecule has 5 heteroatoms. The van der Waals surface area contributed by atoms with Crippen molar-refractivity contribution in [2.75, 3.05) is 7.11 Å². The molecule has 94 valence electrons. The third-order valence-corrected chi connectivity index (χ3v) is 3.23. The van der Waals surface area contributed by atoms with E-state index in [1.165, 1.54) is 13.2 Å². The van der Waals surface area contributed by atoms with Gasteiger partial charge in [-0.1, -0.05) is 12.1 Å². The van der Waals surface area contributed by atoms with E-state index in [1.807, 2.05) is 0 Å². The molecule has 1 aliphatic carbocycles. The molecule has 3 rings (SSSR count). The molecule has 1 fully saturated rings. The van der Waals surface area contributed by atoms with Gasteiger partial charge in [0.2, 0.25) is 0 Å². The van der Waals surface area contributed by atoms with Crippen molar-refractivity contribution in [3.8, 4) is 0 Å². The van der Waals surface area contributed by atoms with Gasteiger partial charge in [-0.3, -0.25) is 4.68 Å². The second-order valence-electron chi connectivity index (χ2n) is 4.60. The van der Waals surface area contributed by atoms with Gasteiger partial charge in [-0.05, 0) is 24.8 Å². The maximum atomic E-state index is 13.9. The number of rotatable bonds is 3. The van der Waals surface area contributed by atoms with Gasteiger partial charge in [0.05, 0.1) is 7.11 Å². The van der Waals surface area contributed by atoms with E-state index in [2.05, 4.69) is 9.84 Å². The zero-order valence-electron chi connectivity index (χ0n) is 10.0. The summed E-state index contributed by atoms with van der Waals surface area (Å²) in [6, 6.07) is 4.66. The smallest absolute Gasteiger partial charge is 0.359 e. The normalized spacial score (nSPS) is 15.0. The lowest BCUT2D eigenvalue weighted by Gasteiger charge is -2.01. The van der Waals surface area contributed by atoms with Gasteiger partial charge in [-0.25, -0.2) is 9.18 Å². The van der Waals surface area contributed by atoms with Crippen molar-refractivity contribution in [3.63, 3.8) is 0 Å². The highest BCUT2D eigenvalue weighted by atomic mass is 19.1. The fourth-order valence-electron chi connectivity index (χ4n) is 2.12. The minimum atomic E-state index is -0.528. The summed E-state index contributed by atoms with van der Waals surface area (Å²) >= 11 is 0. The molecule has 18 heavy (non-hydrogen) atoms. The number of para-hydroxylation sites is 1. The number of nitrogens with zero attached hydrogens (tertiary/aromatic N) is 2. The average molecular weight is 248 g/mol. The lowest BCUT2D eigenvalue weighted by atomic mass is 10.2. The van der Waals surface area contributed by atoms with Crippen molar-refractivity contribution in [2.24, 2.45) is 5.92 Å². The number of halogens is 1. The van der Waals surface area contributed by atoms with Crippen LogP contribution in [-0.4, -0.2) is 22.9 Å². The Morgan fingerprint density at radius 2 is 2.33 bits per heavy atom. The summed E-state index contributed by atoms with van der Waals surface area (Å²) < 4.78 is 20.2. The molecule has 1 aliphatic rings. The van der Waals surface area contributed by atoms with Crippen LogP contribution in [0.4, 0.5) is 4.39 Å². The Kier molecular flexibility index (Phi) is 2.54. The molecule has 0 amide bonds.